The Morgan fingerprint density at radius 1 is 1.38 bits per heavy atom. The summed E-state index contributed by atoms with van der Waals surface area (Å²) in [5.41, 5.74) is 0.718. The highest BCUT2D eigenvalue weighted by Gasteiger charge is 2.13. The second-order valence-electron chi connectivity index (χ2n) is 3.16. The summed E-state index contributed by atoms with van der Waals surface area (Å²) in [5.74, 6) is 0. The maximum absolute atomic E-state index is 12.6. The van der Waals surface area contributed by atoms with Crippen LogP contribution >= 0.6 is 11.6 Å². The van der Waals surface area contributed by atoms with Crippen LogP contribution < -0.4 is 0 Å². The Morgan fingerprint density at radius 2 is 2.12 bits per heavy atom. The Morgan fingerprint density at radius 3 is 2.69 bits per heavy atom. The van der Waals surface area contributed by atoms with Crippen LogP contribution in [0.4, 0.5) is 8.78 Å². The first-order valence-corrected chi connectivity index (χ1v) is 4.78. The lowest BCUT2D eigenvalue weighted by Gasteiger charge is -2.06. The van der Waals surface area contributed by atoms with Crippen LogP contribution in [0.15, 0.2) is 24.4 Å². The second-order valence-corrected chi connectivity index (χ2v) is 3.57. The van der Waals surface area contributed by atoms with Gasteiger partial charge in [0, 0.05) is 10.6 Å². The summed E-state index contributed by atoms with van der Waals surface area (Å²) in [6.45, 7) is 3.57. The Labute approximate surface area is 95.6 Å². The zero-order valence-electron chi connectivity index (χ0n) is 8.07. The molecule has 1 aromatic carbocycles. The van der Waals surface area contributed by atoms with Crippen LogP contribution in [0.2, 0.25) is 5.02 Å². The Hall–Kier alpha value is -1.49. The predicted molar refractivity (Wildman–Crippen MR) is 55.8 cm³/mol. The Bertz CT molecular complexity index is 511. The molecule has 83 valence electrons. The van der Waals surface area contributed by atoms with Crippen molar-refractivity contribution in [3.8, 4) is 5.69 Å². The molecule has 0 spiro atoms. The van der Waals surface area contributed by atoms with E-state index in [1.54, 1.807) is 12.3 Å². The smallest absolute Gasteiger partial charge is 0.220 e. The topological polar surface area (TPSA) is 30.7 Å². The lowest BCUT2D eigenvalue weighted by molar-refractivity contribution is 0.151. The summed E-state index contributed by atoms with van der Waals surface area (Å²) >= 11 is 5.65. The fraction of sp³-hybridized carbons (Fsp3) is 0.100. The number of halogens is 3. The SMILES string of the molecule is [CH2]c1cn(-c2ccc(Cl)c(C(F)F)c2)nn1. The monoisotopic (exact) mass is 242 g/mol. The van der Waals surface area contributed by atoms with Crippen LogP contribution in [0, 0.1) is 6.92 Å². The van der Waals surface area contributed by atoms with Crippen molar-refractivity contribution >= 4 is 11.6 Å². The number of alkyl halides is 2. The van der Waals surface area contributed by atoms with Gasteiger partial charge in [0.15, 0.2) is 0 Å². The molecular weight excluding hydrogens is 236 g/mol. The molecule has 1 aromatic heterocycles. The van der Waals surface area contributed by atoms with Crippen molar-refractivity contribution in [2.75, 3.05) is 0 Å². The molecular formula is C10H7ClF2N3. The lowest BCUT2D eigenvalue weighted by Crippen LogP contribution is -1.97. The van der Waals surface area contributed by atoms with E-state index in [1.165, 1.54) is 16.8 Å². The summed E-state index contributed by atoms with van der Waals surface area (Å²) in [6, 6.07) is 4.27. The largest absolute Gasteiger partial charge is 0.265 e. The highest BCUT2D eigenvalue weighted by Crippen LogP contribution is 2.28. The molecule has 1 radical (unpaired) electrons. The van der Waals surface area contributed by atoms with E-state index >= 15 is 0 Å². The van der Waals surface area contributed by atoms with Gasteiger partial charge in [0.25, 0.3) is 6.43 Å². The standard InChI is InChI=1S/C10H7ClF2N3/c1-6-5-16(15-14-6)7-2-3-9(11)8(4-7)10(12)13/h2-5,10H,1H2. The molecule has 0 saturated carbocycles. The van der Waals surface area contributed by atoms with Crippen molar-refractivity contribution in [3.05, 3.63) is 47.6 Å². The van der Waals surface area contributed by atoms with Gasteiger partial charge in [0.1, 0.15) is 0 Å². The van der Waals surface area contributed by atoms with Crippen molar-refractivity contribution in [2.45, 2.75) is 6.43 Å². The predicted octanol–water partition coefficient (Wildman–Crippen LogP) is 3.04. The Kier molecular flexibility index (Phi) is 2.87. The first kappa shape index (κ1) is 11.0. The maximum Gasteiger partial charge on any atom is 0.265 e. The zero-order chi connectivity index (χ0) is 11.7. The number of aromatic nitrogens is 3. The van der Waals surface area contributed by atoms with Crippen LogP contribution in [0.5, 0.6) is 0 Å². The molecule has 0 atom stereocenters. The van der Waals surface area contributed by atoms with Crippen molar-refractivity contribution < 1.29 is 8.78 Å². The van der Waals surface area contributed by atoms with E-state index in [-0.39, 0.29) is 10.6 Å². The van der Waals surface area contributed by atoms with Gasteiger partial charge < -0.3 is 0 Å². The molecule has 3 nitrogen and oxygen atoms in total. The first-order chi connectivity index (χ1) is 7.58. The van der Waals surface area contributed by atoms with Gasteiger partial charge in [-0.3, -0.25) is 0 Å². The van der Waals surface area contributed by atoms with Gasteiger partial charge in [0.05, 0.1) is 17.6 Å². The number of hydrogen-bond acceptors (Lipinski definition) is 2. The molecule has 0 fully saturated rings. The molecule has 6 heteroatoms. The van der Waals surface area contributed by atoms with Gasteiger partial charge in [0.2, 0.25) is 0 Å². The number of rotatable bonds is 2. The summed E-state index contributed by atoms with van der Waals surface area (Å²) < 4.78 is 26.5. The molecule has 0 saturated heterocycles. The third-order valence-corrected chi connectivity index (χ3v) is 2.36. The minimum atomic E-state index is -2.62. The zero-order valence-corrected chi connectivity index (χ0v) is 8.83. The van der Waals surface area contributed by atoms with Crippen molar-refractivity contribution in [1.82, 2.24) is 15.0 Å². The van der Waals surface area contributed by atoms with Gasteiger partial charge in [-0.1, -0.05) is 16.8 Å². The van der Waals surface area contributed by atoms with Crippen LogP contribution in [0.3, 0.4) is 0 Å². The summed E-state index contributed by atoms with van der Waals surface area (Å²) in [4.78, 5) is 0. The molecule has 1 heterocycles. The number of hydrogen-bond donors (Lipinski definition) is 0. The number of benzene rings is 1. The van der Waals surface area contributed by atoms with E-state index in [1.807, 2.05) is 0 Å². The third-order valence-electron chi connectivity index (χ3n) is 2.02. The van der Waals surface area contributed by atoms with Crippen molar-refractivity contribution in [1.29, 1.82) is 0 Å². The highest BCUT2D eigenvalue weighted by atomic mass is 35.5. The average Bonchev–Trinajstić information content (AvgIpc) is 2.65. The molecule has 0 N–H and O–H groups in total. The minimum absolute atomic E-state index is 0.0358. The van der Waals surface area contributed by atoms with Crippen LogP contribution in [0.1, 0.15) is 17.7 Å². The van der Waals surface area contributed by atoms with Crippen LogP contribution in [-0.2, 0) is 0 Å². The molecule has 0 aliphatic heterocycles. The maximum atomic E-state index is 12.6. The van der Waals surface area contributed by atoms with Gasteiger partial charge in [-0.05, 0) is 25.1 Å². The molecule has 2 aromatic rings. The van der Waals surface area contributed by atoms with E-state index < -0.39 is 6.43 Å². The highest BCUT2D eigenvalue weighted by molar-refractivity contribution is 6.31. The summed E-state index contributed by atoms with van der Waals surface area (Å²) in [6.07, 6.45) is -1.08. The third kappa shape index (κ3) is 2.04. The molecule has 0 aliphatic carbocycles. The van der Waals surface area contributed by atoms with Gasteiger partial charge in [-0.15, -0.1) is 5.10 Å². The van der Waals surface area contributed by atoms with E-state index in [2.05, 4.69) is 17.2 Å². The van der Waals surface area contributed by atoms with E-state index in [9.17, 15) is 8.78 Å². The molecule has 0 unspecified atom stereocenters. The van der Waals surface area contributed by atoms with E-state index in [0.717, 1.165) is 0 Å². The fourth-order valence-electron chi connectivity index (χ4n) is 1.27. The van der Waals surface area contributed by atoms with Gasteiger partial charge in [-0.25, -0.2) is 13.5 Å². The first-order valence-electron chi connectivity index (χ1n) is 4.40. The minimum Gasteiger partial charge on any atom is -0.220 e. The molecule has 0 bridgehead atoms. The number of nitrogens with zero attached hydrogens (tertiary/aromatic N) is 3. The lowest BCUT2D eigenvalue weighted by atomic mass is 10.2. The van der Waals surface area contributed by atoms with Gasteiger partial charge >= 0.3 is 0 Å². The van der Waals surface area contributed by atoms with Crippen LogP contribution in [-0.4, -0.2) is 15.0 Å². The van der Waals surface area contributed by atoms with Gasteiger partial charge in [-0.2, -0.15) is 0 Å². The molecule has 0 aliphatic rings. The van der Waals surface area contributed by atoms with E-state index in [0.29, 0.717) is 11.4 Å². The Balaban J connectivity index is 2.47. The van der Waals surface area contributed by atoms with Crippen LogP contribution in [0.25, 0.3) is 5.69 Å². The van der Waals surface area contributed by atoms with Crippen molar-refractivity contribution in [3.63, 3.8) is 0 Å². The molecule has 16 heavy (non-hydrogen) atoms. The van der Waals surface area contributed by atoms with Crippen molar-refractivity contribution in [2.24, 2.45) is 0 Å². The normalized spacial score (nSPS) is 11.1. The summed E-state index contributed by atoms with van der Waals surface area (Å²) in [5, 5.41) is 7.44. The fourth-order valence-corrected chi connectivity index (χ4v) is 1.47. The second kappa shape index (κ2) is 4.17. The summed E-state index contributed by atoms with van der Waals surface area (Å²) in [7, 11) is 0. The molecule has 2 rings (SSSR count). The average molecular weight is 243 g/mol. The molecule has 0 amide bonds. The quantitative estimate of drug-likeness (QED) is 0.810. The van der Waals surface area contributed by atoms with E-state index in [4.69, 9.17) is 11.6 Å².